The minimum absolute atomic E-state index is 0. The van der Waals surface area contributed by atoms with E-state index in [1.54, 1.807) is 6.08 Å². The molecule has 48 valence electrons. The Labute approximate surface area is 61.1 Å². The average molecular weight is 154 g/mol. The standard InChI is InChI=1S/C5H9ClN.ClH/c1-7(2)5-3-4-6;/h3-5H,1-2H3;1H/q+1;/p-1/b4-3+;. The maximum atomic E-state index is 5.21. The summed E-state index contributed by atoms with van der Waals surface area (Å²) >= 11 is 5.21. The van der Waals surface area contributed by atoms with E-state index in [2.05, 4.69) is 0 Å². The van der Waals surface area contributed by atoms with E-state index in [1.807, 2.05) is 24.9 Å². The molecule has 3 heteroatoms. The smallest absolute Gasteiger partial charge is 0.163 e. The van der Waals surface area contributed by atoms with Crippen molar-refractivity contribution in [2.75, 3.05) is 14.1 Å². The van der Waals surface area contributed by atoms with Gasteiger partial charge in [0.1, 0.15) is 14.1 Å². The summed E-state index contributed by atoms with van der Waals surface area (Å²) in [5.74, 6) is 0. The highest BCUT2D eigenvalue weighted by Gasteiger charge is 1.71. The van der Waals surface area contributed by atoms with Crippen LogP contribution in [0.3, 0.4) is 0 Å². The van der Waals surface area contributed by atoms with Crippen molar-refractivity contribution in [1.82, 2.24) is 0 Å². The summed E-state index contributed by atoms with van der Waals surface area (Å²) in [5.41, 5.74) is 1.47. The van der Waals surface area contributed by atoms with Gasteiger partial charge in [-0.1, -0.05) is 11.6 Å². The molecule has 0 aliphatic carbocycles. The lowest BCUT2D eigenvalue weighted by atomic mass is 10.7. The molecule has 0 spiro atoms. The Balaban J connectivity index is 0. The van der Waals surface area contributed by atoms with Crippen LogP contribution in [0.1, 0.15) is 0 Å². The molecule has 0 aliphatic heterocycles. The van der Waals surface area contributed by atoms with Gasteiger partial charge in [0.2, 0.25) is 0 Å². The van der Waals surface area contributed by atoms with Crippen molar-refractivity contribution >= 4 is 17.8 Å². The third-order valence-corrected chi connectivity index (χ3v) is 0.602. The van der Waals surface area contributed by atoms with Gasteiger partial charge in [0.05, 0.1) is 0 Å². The zero-order valence-electron chi connectivity index (χ0n) is 4.94. The quantitative estimate of drug-likeness (QED) is 0.306. The molecular weight excluding hydrogens is 145 g/mol. The van der Waals surface area contributed by atoms with Crippen molar-refractivity contribution in [3.63, 3.8) is 0 Å². The fourth-order valence-electron chi connectivity index (χ4n) is 0.205. The molecule has 0 amide bonds. The molecule has 0 radical (unpaired) electrons. The topological polar surface area (TPSA) is 3.01 Å². The van der Waals surface area contributed by atoms with Gasteiger partial charge >= 0.3 is 0 Å². The number of halogens is 2. The molecule has 0 aromatic carbocycles. The van der Waals surface area contributed by atoms with Gasteiger partial charge < -0.3 is 12.4 Å². The fourth-order valence-corrected chi connectivity index (χ4v) is 0.270. The van der Waals surface area contributed by atoms with Crippen LogP contribution in [-0.4, -0.2) is 24.9 Å². The highest BCUT2D eigenvalue weighted by molar-refractivity contribution is 6.26. The van der Waals surface area contributed by atoms with Crippen LogP contribution >= 0.6 is 11.6 Å². The molecule has 0 heterocycles. The number of rotatable bonds is 1. The summed E-state index contributed by atoms with van der Waals surface area (Å²) < 4.78 is 1.92. The second kappa shape index (κ2) is 6.99. The number of hydrogen-bond acceptors (Lipinski definition) is 0. The van der Waals surface area contributed by atoms with Crippen LogP contribution in [0.15, 0.2) is 11.6 Å². The molecule has 0 bridgehead atoms. The largest absolute Gasteiger partial charge is 1.00 e. The number of nitrogens with zero attached hydrogens (tertiary/aromatic N) is 1. The summed E-state index contributed by atoms with van der Waals surface area (Å²) in [7, 11) is 3.88. The lowest BCUT2D eigenvalue weighted by Crippen LogP contribution is -3.00. The molecule has 0 aliphatic rings. The molecule has 0 rings (SSSR count). The fraction of sp³-hybridized carbons (Fsp3) is 0.400. The Morgan fingerprint density at radius 1 is 1.38 bits per heavy atom. The van der Waals surface area contributed by atoms with E-state index in [-0.39, 0.29) is 12.4 Å². The van der Waals surface area contributed by atoms with Crippen LogP contribution < -0.4 is 12.4 Å². The first-order valence-electron chi connectivity index (χ1n) is 2.04. The molecule has 0 unspecified atom stereocenters. The van der Waals surface area contributed by atoms with Crippen molar-refractivity contribution in [2.45, 2.75) is 0 Å². The third kappa shape index (κ3) is 9.37. The lowest BCUT2D eigenvalue weighted by molar-refractivity contribution is -0.458. The molecular formula is C5H9Cl2N. The van der Waals surface area contributed by atoms with E-state index < -0.39 is 0 Å². The number of hydrogen-bond donors (Lipinski definition) is 0. The highest BCUT2D eigenvalue weighted by Crippen LogP contribution is 1.71. The first-order valence-corrected chi connectivity index (χ1v) is 2.47. The van der Waals surface area contributed by atoms with Crippen molar-refractivity contribution in [2.24, 2.45) is 0 Å². The molecule has 0 N–H and O–H groups in total. The first-order chi connectivity index (χ1) is 3.27. The maximum Gasteiger partial charge on any atom is 0.163 e. The Hall–Kier alpha value is -0.0100. The van der Waals surface area contributed by atoms with E-state index in [0.29, 0.717) is 0 Å². The Morgan fingerprint density at radius 2 is 1.88 bits per heavy atom. The maximum absolute atomic E-state index is 5.21. The zero-order chi connectivity index (χ0) is 5.70. The summed E-state index contributed by atoms with van der Waals surface area (Å²) in [4.78, 5) is 0. The molecule has 0 aromatic heterocycles. The molecule has 0 aromatic rings. The van der Waals surface area contributed by atoms with Crippen molar-refractivity contribution < 1.29 is 17.0 Å². The van der Waals surface area contributed by atoms with Crippen molar-refractivity contribution in [3.05, 3.63) is 11.6 Å². The molecule has 0 atom stereocenters. The van der Waals surface area contributed by atoms with Crippen LogP contribution in [0.4, 0.5) is 0 Å². The van der Waals surface area contributed by atoms with Gasteiger partial charge in [0.15, 0.2) is 6.21 Å². The SMILES string of the molecule is C[N+](C)=C/C=C/Cl.[Cl-]. The van der Waals surface area contributed by atoms with E-state index in [1.165, 1.54) is 5.54 Å². The van der Waals surface area contributed by atoms with Gasteiger partial charge in [-0.3, -0.25) is 0 Å². The molecule has 0 saturated carbocycles. The van der Waals surface area contributed by atoms with Crippen LogP contribution in [0.25, 0.3) is 0 Å². The predicted molar refractivity (Wildman–Crippen MR) is 33.2 cm³/mol. The van der Waals surface area contributed by atoms with Gasteiger partial charge in [-0.2, -0.15) is 0 Å². The second-order valence-electron chi connectivity index (χ2n) is 1.43. The van der Waals surface area contributed by atoms with Crippen LogP contribution in [0.2, 0.25) is 0 Å². The van der Waals surface area contributed by atoms with Gasteiger partial charge in [-0.05, 0) is 0 Å². The predicted octanol–water partition coefficient (Wildman–Crippen LogP) is -1.91. The van der Waals surface area contributed by atoms with Crippen LogP contribution in [0, 0.1) is 0 Å². The van der Waals surface area contributed by atoms with Gasteiger partial charge in [-0.15, -0.1) is 0 Å². The Kier molecular flexibility index (Phi) is 9.51. The molecule has 1 nitrogen and oxygen atoms in total. The Bertz CT molecular complexity index is 92.6. The summed E-state index contributed by atoms with van der Waals surface area (Å²) in [6.07, 6.45) is 3.63. The van der Waals surface area contributed by atoms with E-state index in [0.717, 1.165) is 0 Å². The highest BCUT2D eigenvalue weighted by atomic mass is 35.5. The average Bonchev–Trinajstić information content (AvgIpc) is 1.61. The summed E-state index contributed by atoms with van der Waals surface area (Å²) in [6.45, 7) is 0. The van der Waals surface area contributed by atoms with Crippen LogP contribution in [0.5, 0.6) is 0 Å². The summed E-state index contributed by atoms with van der Waals surface area (Å²) in [6, 6.07) is 0. The third-order valence-electron chi connectivity index (χ3n) is 0.457. The van der Waals surface area contributed by atoms with E-state index >= 15 is 0 Å². The minimum atomic E-state index is 0. The van der Waals surface area contributed by atoms with Crippen molar-refractivity contribution in [3.8, 4) is 0 Å². The molecule has 0 fully saturated rings. The lowest BCUT2D eigenvalue weighted by Gasteiger charge is -1.74. The minimum Gasteiger partial charge on any atom is -1.00 e. The van der Waals surface area contributed by atoms with Crippen LogP contribution in [-0.2, 0) is 0 Å². The van der Waals surface area contributed by atoms with Gasteiger partial charge in [-0.25, -0.2) is 4.58 Å². The van der Waals surface area contributed by atoms with E-state index in [9.17, 15) is 0 Å². The van der Waals surface area contributed by atoms with Gasteiger partial charge in [0.25, 0.3) is 0 Å². The molecule has 0 saturated heterocycles. The van der Waals surface area contributed by atoms with Gasteiger partial charge in [0, 0.05) is 11.6 Å². The second-order valence-corrected chi connectivity index (χ2v) is 1.68. The Morgan fingerprint density at radius 3 is 2.00 bits per heavy atom. The first kappa shape index (κ1) is 10.9. The van der Waals surface area contributed by atoms with E-state index in [4.69, 9.17) is 11.6 Å². The normalized spacial score (nSPS) is 8.38. The monoisotopic (exact) mass is 153 g/mol. The van der Waals surface area contributed by atoms with Crippen molar-refractivity contribution in [1.29, 1.82) is 0 Å². The molecule has 8 heavy (non-hydrogen) atoms. The summed E-state index contributed by atoms with van der Waals surface area (Å²) in [5, 5.41) is 0. The zero-order valence-corrected chi connectivity index (χ0v) is 6.45. The number of allylic oxidation sites excluding steroid dienone is 1.